The van der Waals surface area contributed by atoms with Gasteiger partial charge in [-0.3, -0.25) is 0 Å². The molecule has 2 heterocycles. The molecule has 0 amide bonds. The van der Waals surface area contributed by atoms with Gasteiger partial charge in [0.05, 0.1) is 15.9 Å². The van der Waals surface area contributed by atoms with Crippen LogP contribution < -0.4 is 0 Å². The molecule has 1 aromatic heterocycles. The molecule has 0 spiro atoms. The Morgan fingerprint density at radius 1 is 1.08 bits per heavy atom. The molecule has 3 aromatic rings. The van der Waals surface area contributed by atoms with Crippen molar-refractivity contribution in [3.63, 3.8) is 0 Å². The van der Waals surface area contributed by atoms with Crippen LogP contribution in [0.25, 0.3) is 11.0 Å². The Hall–Kier alpha value is -2.18. The van der Waals surface area contributed by atoms with Crippen LogP contribution in [0, 0.1) is 6.92 Å². The van der Waals surface area contributed by atoms with Crippen LogP contribution in [-0.2, 0) is 30.0 Å². The molecule has 0 unspecified atom stereocenters. The largest absolute Gasteiger partial charge is 0.331 e. The number of aryl methyl sites for hydroxylation is 2. The quantitative estimate of drug-likeness (QED) is 0.720. The lowest BCUT2D eigenvalue weighted by molar-refractivity contribution is 0.391. The number of sulfonamides is 1. The van der Waals surface area contributed by atoms with E-state index in [0.29, 0.717) is 23.5 Å². The first kappa shape index (κ1) is 15.4. The summed E-state index contributed by atoms with van der Waals surface area (Å²) in [6.45, 7) is 2.85. The van der Waals surface area contributed by atoms with Gasteiger partial charge in [-0.25, -0.2) is 13.4 Å². The summed E-state index contributed by atoms with van der Waals surface area (Å²) in [4.78, 5) is 4.76. The predicted octanol–water partition coefficient (Wildman–Crippen LogP) is 2.63. The third kappa shape index (κ3) is 2.34. The zero-order valence-electron chi connectivity index (χ0n) is 13.7. The van der Waals surface area contributed by atoms with E-state index in [9.17, 15) is 8.42 Å². The van der Waals surface area contributed by atoms with Gasteiger partial charge in [-0.15, -0.1) is 0 Å². The molecule has 0 N–H and O–H groups in total. The molecular weight excluding hydrogens is 322 g/mol. The molecule has 0 atom stereocenters. The van der Waals surface area contributed by atoms with Crippen molar-refractivity contribution in [3.05, 3.63) is 59.4 Å². The van der Waals surface area contributed by atoms with Crippen LogP contribution >= 0.6 is 0 Å². The van der Waals surface area contributed by atoms with Gasteiger partial charge in [-0.1, -0.05) is 24.3 Å². The number of hydrogen-bond acceptors (Lipinski definition) is 3. The molecule has 0 aliphatic carbocycles. The van der Waals surface area contributed by atoms with Crippen molar-refractivity contribution in [2.45, 2.75) is 24.8 Å². The van der Waals surface area contributed by atoms with E-state index >= 15 is 0 Å². The summed E-state index contributed by atoms with van der Waals surface area (Å²) < 4.78 is 29.6. The zero-order valence-corrected chi connectivity index (χ0v) is 14.5. The van der Waals surface area contributed by atoms with E-state index in [0.717, 1.165) is 23.3 Å². The van der Waals surface area contributed by atoms with Crippen molar-refractivity contribution in [2.24, 2.45) is 7.05 Å². The van der Waals surface area contributed by atoms with Gasteiger partial charge in [0.1, 0.15) is 5.82 Å². The molecule has 1 aliphatic rings. The normalized spacial score (nSPS) is 15.6. The molecule has 0 radical (unpaired) electrons. The maximum absolute atomic E-state index is 13.0. The van der Waals surface area contributed by atoms with E-state index in [2.05, 4.69) is 11.1 Å². The summed E-state index contributed by atoms with van der Waals surface area (Å²) in [6, 6.07) is 13.2. The van der Waals surface area contributed by atoms with Crippen LogP contribution in [-0.4, -0.2) is 28.8 Å². The molecule has 5 nitrogen and oxygen atoms in total. The van der Waals surface area contributed by atoms with Crippen molar-refractivity contribution in [1.29, 1.82) is 0 Å². The second kappa shape index (κ2) is 5.43. The highest BCUT2D eigenvalue weighted by Crippen LogP contribution is 2.26. The van der Waals surface area contributed by atoms with Gasteiger partial charge in [-0.05, 0) is 42.7 Å². The standard InChI is InChI=1S/C18H19N3O2S/c1-13-19-17-11-16(7-8-18(17)20(13)2)24(22,23)21-10-9-14-5-3-4-6-15(14)12-21/h3-8,11H,9-10,12H2,1-2H3. The van der Waals surface area contributed by atoms with Crippen molar-refractivity contribution in [2.75, 3.05) is 6.54 Å². The minimum Gasteiger partial charge on any atom is -0.331 e. The summed E-state index contributed by atoms with van der Waals surface area (Å²) in [7, 11) is -1.58. The molecule has 0 fully saturated rings. The second-order valence-corrected chi connectivity index (χ2v) is 8.16. The summed E-state index contributed by atoms with van der Waals surface area (Å²) in [5.74, 6) is 0.867. The third-order valence-corrected chi connectivity index (χ3v) is 6.65. The number of imidazole rings is 1. The predicted molar refractivity (Wildman–Crippen MR) is 93.2 cm³/mol. The second-order valence-electron chi connectivity index (χ2n) is 6.23. The highest BCUT2D eigenvalue weighted by Gasteiger charge is 2.28. The number of nitrogens with zero attached hydrogens (tertiary/aromatic N) is 3. The van der Waals surface area contributed by atoms with Crippen LogP contribution in [0.4, 0.5) is 0 Å². The average molecular weight is 341 g/mol. The van der Waals surface area contributed by atoms with Crippen LogP contribution in [0.1, 0.15) is 17.0 Å². The lowest BCUT2D eigenvalue weighted by atomic mass is 10.0. The summed E-state index contributed by atoms with van der Waals surface area (Å²) in [5.41, 5.74) is 3.98. The van der Waals surface area contributed by atoms with Gasteiger partial charge in [0.15, 0.2) is 0 Å². The minimum absolute atomic E-state index is 0.312. The topological polar surface area (TPSA) is 55.2 Å². The van der Waals surface area contributed by atoms with Gasteiger partial charge in [0.25, 0.3) is 0 Å². The molecule has 1 aliphatic heterocycles. The Morgan fingerprint density at radius 2 is 1.83 bits per heavy atom. The summed E-state index contributed by atoms with van der Waals surface area (Å²) >= 11 is 0. The Morgan fingerprint density at radius 3 is 2.62 bits per heavy atom. The van der Waals surface area contributed by atoms with E-state index in [1.54, 1.807) is 16.4 Å². The maximum Gasteiger partial charge on any atom is 0.243 e. The van der Waals surface area contributed by atoms with E-state index in [1.165, 1.54) is 5.56 Å². The number of rotatable bonds is 2. The fourth-order valence-electron chi connectivity index (χ4n) is 3.28. The first-order valence-corrected chi connectivity index (χ1v) is 9.41. The smallest absolute Gasteiger partial charge is 0.243 e. The number of benzene rings is 2. The molecular formula is C18H19N3O2S. The van der Waals surface area contributed by atoms with Crippen molar-refractivity contribution < 1.29 is 8.42 Å². The Bertz CT molecular complexity index is 1040. The molecule has 4 rings (SSSR count). The van der Waals surface area contributed by atoms with Crippen molar-refractivity contribution in [3.8, 4) is 0 Å². The molecule has 24 heavy (non-hydrogen) atoms. The maximum atomic E-state index is 13.0. The van der Waals surface area contributed by atoms with E-state index in [4.69, 9.17) is 0 Å². The van der Waals surface area contributed by atoms with Gasteiger partial charge in [0, 0.05) is 20.1 Å². The van der Waals surface area contributed by atoms with E-state index in [1.807, 2.05) is 42.8 Å². The van der Waals surface area contributed by atoms with E-state index in [-0.39, 0.29) is 0 Å². The lowest BCUT2D eigenvalue weighted by Crippen LogP contribution is -2.35. The average Bonchev–Trinajstić information content (AvgIpc) is 2.88. The van der Waals surface area contributed by atoms with E-state index < -0.39 is 10.0 Å². The number of fused-ring (bicyclic) bond motifs is 2. The minimum atomic E-state index is -3.52. The van der Waals surface area contributed by atoms with Crippen molar-refractivity contribution in [1.82, 2.24) is 13.9 Å². The Labute approximate surface area is 141 Å². The highest BCUT2D eigenvalue weighted by molar-refractivity contribution is 7.89. The van der Waals surface area contributed by atoms with Crippen LogP contribution in [0.15, 0.2) is 47.4 Å². The SMILES string of the molecule is Cc1nc2cc(S(=O)(=O)N3CCc4ccccc4C3)ccc2n1C. The fourth-order valence-corrected chi connectivity index (χ4v) is 4.72. The zero-order chi connectivity index (χ0) is 16.9. The monoisotopic (exact) mass is 341 g/mol. The van der Waals surface area contributed by atoms with Gasteiger partial charge < -0.3 is 4.57 Å². The molecule has 0 saturated carbocycles. The van der Waals surface area contributed by atoms with Gasteiger partial charge in [-0.2, -0.15) is 4.31 Å². The third-order valence-electron chi connectivity index (χ3n) is 4.81. The fraction of sp³-hybridized carbons (Fsp3) is 0.278. The Balaban J connectivity index is 1.73. The summed E-state index contributed by atoms with van der Waals surface area (Å²) in [6.07, 6.45) is 0.750. The first-order chi connectivity index (χ1) is 11.5. The Kier molecular flexibility index (Phi) is 3.47. The molecule has 0 saturated heterocycles. The molecule has 124 valence electrons. The van der Waals surface area contributed by atoms with Gasteiger partial charge in [0.2, 0.25) is 10.0 Å². The molecule has 2 aromatic carbocycles. The van der Waals surface area contributed by atoms with Crippen LogP contribution in [0.5, 0.6) is 0 Å². The highest BCUT2D eigenvalue weighted by atomic mass is 32.2. The summed E-state index contributed by atoms with van der Waals surface area (Å²) in [5, 5.41) is 0. The first-order valence-electron chi connectivity index (χ1n) is 7.97. The van der Waals surface area contributed by atoms with Crippen molar-refractivity contribution >= 4 is 21.1 Å². The number of hydrogen-bond donors (Lipinski definition) is 0. The lowest BCUT2D eigenvalue weighted by Gasteiger charge is -2.28. The van der Waals surface area contributed by atoms with Crippen LogP contribution in [0.3, 0.4) is 0 Å². The van der Waals surface area contributed by atoms with Crippen LogP contribution in [0.2, 0.25) is 0 Å². The molecule has 0 bridgehead atoms. The number of aromatic nitrogens is 2. The molecule has 6 heteroatoms. The van der Waals surface area contributed by atoms with Gasteiger partial charge >= 0.3 is 0 Å².